The van der Waals surface area contributed by atoms with Gasteiger partial charge < -0.3 is 19.9 Å². The summed E-state index contributed by atoms with van der Waals surface area (Å²) in [5.74, 6) is 0.942. The maximum absolute atomic E-state index is 12.5. The van der Waals surface area contributed by atoms with Crippen molar-refractivity contribution in [1.29, 1.82) is 0 Å². The predicted octanol–water partition coefficient (Wildman–Crippen LogP) is 1.89. The molecule has 0 saturated carbocycles. The van der Waals surface area contributed by atoms with E-state index in [1.54, 1.807) is 14.0 Å². The maximum Gasteiger partial charge on any atom is 0.257 e. The first-order valence-corrected chi connectivity index (χ1v) is 6.47. The summed E-state index contributed by atoms with van der Waals surface area (Å²) < 4.78 is 10.0. The Hall–Kier alpha value is -2.28. The van der Waals surface area contributed by atoms with Crippen LogP contribution in [0, 0.1) is 6.92 Å². The molecular weight excluding hydrogens is 296 g/mol. The van der Waals surface area contributed by atoms with Crippen LogP contribution in [-0.2, 0) is 6.54 Å². The zero-order valence-electron chi connectivity index (χ0n) is 11.9. The summed E-state index contributed by atoms with van der Waals surface area (Å²) in [6, 6.07) is 3.00. The van der Waals surface area contributed by atoms with E-state index in [1.807, 2.05) is 0 Å². The van der Waals surface area contributed by atoms with Gasteiger partial charge in [0.1, 0.15) is 5.75 Å². The third kappa shape index (κ3) is 3.25. The average molecular weight is 311 g/mol. The normalized spacial score (nSPS) is 10.5. The minimum absolute atomic E-state index is 0.210. The second-order valence-electron chi connectivity index (χ2n) is 4.46. The van der Waals surface area contributed by atoms with Gasteiger partial charge >= 0.3 is 0 Å². The minimum Gasteiger partial charge on any atom is -0.496 e. The molecule has 2 rings (SSSR count). The van der Waals surface area contributed by atoms with E-state index >= 15 is 0 Å². The van der Waals surface area contributed by atoms with Crippen molar-refractivity contribution in [3.8, 4) is 5.75 Å². The molecule has 0 aliphatic heterocycles. The van der Waals surface area contributed by atoms with E-state index in [4.69, 9.17) is 26.6 Å². The minimum atomic E-state index is -0.281. The van der Waals surface area contributed by atoms with E-state index in [1.165, 1.54) is 24.1 Å². The van der Waals surface area contributed by atoms with Gasteiger partial charge in [-0.1, -0.05) is 16.8 Å². The fraction of sp³-hybridized carbons (Fsp3) is 0.308. The van der Waals surface area contributed by atoms with Crippen molar-refractivity contribution < 1.29 is 14.1 Å². The molecule has 1 amide bonds. The second-order valence-corrected chi connectivity index (χ2v) is 4.87. The van der Waals surface area contributed by atoms with Gasteiger partial charge in [0.05, 0.1) is 29.9 Å². The number of hydrogen-bond acceptors (Lipinski definition) is 6. The van der Waals surface area contributed by atoms with Crippen LogP contribution in [0.1, 0.15) is 22.1 Å². The van der Waals surface area contributed by atoms with Crippen LogP contribution in [0.15, 0.2) is 16.7 Å². The Balaban J connectivity index is 2.24. The Labute approximate surface area is 126 Å². The van der Waals surface area contributed by atoms with Crippen molar-refractivity contribution in [2.24, 2.45) is 0 Å². The standard InChI is InChI=1S/C13H15ClN4O3/c1-7-16-12(17-21-7)6-18(2)13(19)8-4-9(14)10(15)5-11(8)20-3/h4-5H,6,15H2,1-3H3. The van der Waals surface area contributed by atoms with Crippen LogP contribution in [-0.4, -0.2) is 35.1 Å². The van der Waals surface area contributed by atoms with Crippen LogP contribution in [0.2, 0.25) is 5.02 Å². The molecule has 1 aromatic carbocycles. The van der Waals surface area contributed by atoms with Gasteiger partial charge in [0, 0.05) is 20.0 Å². The number of ether oxygens (including phenoxy) is 1. The lowest BCUT2D eigenvalue weighted by Crippen LogP contribution is -2.27. The molecule has 112 valence electrons. The number of hydrogen-bond donors (Lipinski definition) is 1. The van der Waals surface area contributed by atoms with Crippen molar-refractivity contribution in [2.75, 3.05) is 19.9 Å². The Morgan fingerprint density at radius 1 is 1.52 bits per heavy atom. The fourth-order valence-corrected chi connectivity index (χ4v) is 1.96. The molecule has 1 aromatic heterocycles. The predicted molar refractivity (Wildman–Crippen MR) is 77.2 cm³/mol. The summed E-state index contributed by atoms with van der Waals surface area (Å²) >= 11 is 5.96. The van der Waals surface area contributed by atoms with Crippen LogP contribution < -0.4 is 10.5 Å². The molecule has 0 aliphatic carbocycles. The number of amides is 1. The number of nitrogen functional groups attached to an aromatic ring is 1. The van der Waals surface area contributed by atoms with Crippen LogP contribution in [0.25, 0.3) is 0 Å². The number of aryl methyl sites for hydroxylation is 1. The second kappa shape index (κ2) is 6.01. The van der Waals surface area contributed by atoms with Crippen molar-refractivity contribution in [3.63, 3.8) is 0 Å². The summed E-state index contributed by atoms with van der Waals surface area (Å²) in [6.07, 6.45) is 0. The lowest BCUT2D eigenvalue weighted by Gasteiger charge is -2.17. The van der Waals surface area contributed by atoms with Crippen molar-refractivity contribution in [1.82, 2.24) is 15.0 Å². The Kier molecular flexibility index (Phi) is 4.32. The third-order valence-corrected chi connectivity index (χ3v) is 3.17. The number of aromatic nitrogens is 2. The lowest BCUT2D eigenvalue weighted by molar-refractivity contribution is 0.0777. The highest BCUT2D eigenvalue weighted by Crippen LogP contribution is 2.29. The van der Waals surface area contributed by atoms with Crippen LogP contribution >= 0.6 is 11.6 Å². The smallest absolute Gasteiger partial charge is 0.257 e. The number of halogens is 1. The third-order valence-electron chi connectivity index (χ3n) is 2.84. The van der Waals surface area contributed by atoms with Crippen LogP contribution in [0.4, 0.5) is 5.69 Å². The van der Waals surface area contributed by atoms with Crippen LogP contribution in [0.5, 0.6) is 5.75 Å². The number of carbonyl (C=O) groups is 1. The fourth-order valence-electron chi connectivity index (χ4n) is 1.80. The van der Waals surface area contributed by atoms with Gasteiger partial charge in [0.25, 0.3) is 5.91 Å². The van der Waals surface area contributed by atoms with Gasteiger partial charge in [0.15, 0.2) is 5.82 Å². The zero-order valence-corrected chi connectivity index (χ0v) is 12.6. The molecule has 1 heterocycles. The van der Waals surface area contributed by atoms with Gasteiger partial charge in [0.2, 0.25) is 5.89 Å². The molecule has 0 radical (unpaired) electrons. The number of methoxy groups -OCH3 is 1. The quantitative estimate of drug-likeness (QED) is 0.867. The van der Waals surface area contributed by atoms with Gasteiger partial charge in [-0.25, -0.2) is 0 Å². The van der Waals surface area contributed by atoms with E-state index in [-0.39, 0.29) is 12.5 Å². The number of benzene rings is 1. The molecule has 0 bridgehead atoms. The summed E-state index contributed by atoms with van der Waals surface area (Å²) in [5.41, 5.74) is 6.37. The van der Waals surface area contributed by atoms with Gasteiger partial charge in [-0.05, 0) is 6.07 Å². The SMILES string of the molecule is COc1cc(N)c(Cl)cc1C(=O)N(C)Cc1noc(C)n1. The van der Waals surface area contributed by atoms with Crippen LogP contribution in [0.3, 0.4) is 0 Å². The van der Waals surface area contributed by atoms with Crippen molar-refractivity contribution in [2.45, 2.75) is 13.5 Å². The lowest BCUT2D eigenvalue weighted by atomic mass is 10.1. The first-order chi connectivity index (χ1) is 9.92. The number of anilines is 1. The first kappa shape index (κ1) is 15.1. The summed E-state index contributed by atoms with van der Waals surface area (Å²) in [6.45, 7) is 1.89. The largest absolute Gasteiger partial charge is 0.496 e. The molecule has 8 heteroatoms. The van der Waals surface area contributed by atoms with Gasteiger partial charge in [-0.15, -0.1) is 0 Å². The zero-order chi connectivity index (χ0) is 15.6. The molecule has 21 heavy (non-hydrogen) atoms. The maximum atomic E-state index is 12.5. The van der Waals surface area contributed by atoms with E-state index in [0.717, 1.165) is 0 Å². The first-order valence-electron chi connectivity index (χ1n) is 6.10. The number of nitrogens with zero attached hydrogens (tertiary/aromatic N) is 3. The van der Waals surface area contributed by atoms with Gasteiger partial charge in [-0.2, -0.15) is 4.98 Å². The summed E-state index contributed by atoms with van der Waals surface area (Å²) in [5, 5.41) is 4.04. The Morgan fingerprint density at radius 3 is 2.81 bits per heavy atom. The molecule has 0 fully saturated rings. The Morgan fingerprint density at radius 2 is 2.24 bits per heavy atom. The highest BCUT2D eigenvalue weighted by atomic mass is 35.5. The van der Waals surface area contributed by atoms with E-state index < -0.39 is 0 Å². The molecule has 0 saturated heterocycles. The molecular formula is C13H15ClN4O3. The average Bonchev–Trinajstić information content (AvgIpc) is 2.85. The number of rotatable bonds is 4. The number of carbonyl (C=O) groups excluding carboxylic acids is 1. The molecule has 0 atom stereocenters. The molecule has 0 unspecified atom stereocenters. The molecule has 0 aliphatic rings. The molecule has 2 N–H and O–H groups in total. The highest BCUT2D eigenvalue weighted by molar-refractivity contribution is 6.33. The van der Waals surface area contributed by atoms with E-state index in [0.29, 0.717) is 33.7 Å². The summed E-state index contributed by atoms with van der Waals surface area (Å²) in [4.78, 5) is 18.0. The molecule has 2 aromatic rings. The Bertz CT molecular complexity index is 671. The highest BCUT2D eigenvalue weighted by Gasteiger charge is 2.20. The van der Waals surface area contributed by atoms with E-state index in [9.17, 15) is 4.79 Å². The monoisotopic (exact) mass is 310 g/mol. The summed E-state index contributed by atoms with van der Waals surface area (Å²) in [7, 11) is 3.08. The van der Waals surface area contributed by atoms with Crippen molar-refractivity contribution in [3.05, 3.63) is 34.4 Å². The van der Waals surface area contributed by atoms with E-state index in [2.05, 4.69) is 10.1 Å². The molecule has 7 nitrogen and oxygen atoms in total. The van der Waals surface area contributed by atoms with Crippen molar-refractivity contribution >= 4 is 23.2 Å². The van der Waals surface area contributed by atoms with Gasteiger partial charge in [-0.3, -0.25) is 4.79 Å². The topological polar surface area (TPSA) is 94.5 Å². The molecule has 0 spiro atoms. The number of nitrogens with two attached hydrogens (primary N) is 1.